The van der Waals surface area contributed by atoms with E-state index in [1.807, 2.05) is 30.3 Å². The van der Waals surface area contributed by atoms with Gasteiger partial charge >= 0.3 is 0 Å². The number of anilines is 1. The molecule has 30 heavy (non-hydrogen) atoms. The number of primary amides is 1. The van der Waals surface area contributed by atoms with E-state index in [0.29, 0.717) is 12.0 Å². The first-order valence-corrected chi connectivity index (χ1v) is 9.50. The van der Waals surface area contributed by atoms with E-state index in [9.17, 15) is 14.4 Å². The summed E-state index contributed by atoms with van der Waals surface area (Å²) in [6, 6.07) is 17.3. The highest BCUT2D eigenvalue weighted by Crippen LogP contribution is 2.33. The van der Waals surface area contributed by atoms with Crippen molar-refractivity contribution >= 4 is 47.0 Å². The van der Waals surface area contributed by atoms with Crippen LogP contribution in [0.25, 0.3) is 11.1 Å². The van der Waals surface area contributed by atoms with Gasteiger partial charge in [0, 0.05) is 10.6 Å². The lowest BCUT2D eigenvalue weighted by Crippen LogP contribution is -2.22. The van der Waals surface area contributed by atoms with Gasteiger partial charge in [0.25, 0.3) is 11.8 Å². The smallest absolute Gasteiger partial charge is 0.259 e. The summed E-state index contributed by atoms with van der Waals surface area (Å²) in [5.41, 5.74) is 7.42. The molecule has 0 aliphatic rings. The van der Waals surface area contributed by atoms with E-state index < -0.39 is 18.4 Å². The Morgan fingerprint density at radius 1 is 1.00 bits per heavy atom. The van der Waals surface area contributed by atoms with Crippen molar-refractivity contribution in [1.29, 1.82) is 0 Å². The maximum absolute atomic E-state index is 13.0. The number of carbonyl (C=O) groups is 3. The van der Waals surface area contributed by atoms with Gasteiger partial charge in [-0.2, -0.15) is 0 Å². The van der Waals surface area contributed by atoms with Gasteiger partial charge in [-0.25, -0.2) is 0 Å². The zero-order valence-electron chi connectivity index (χ0n) is 15.5. The van der Waals surface area contributed by atoms with Crippen molar-refractivity contribution in [3.63, 3.8) is 0 Å². The van der Waals surface area contributed by atoms with Crippen LogP contribution in [0.1, 0.15) is 20.7 Å². The lowest BCUT2D eigenvalue weighted by molar-refractivity contribution is -0.119. The fraction of sp³-hybridized carbons (Fsp3) is 0.0455. The number of halogens is 2. The van der Waals surface area contributed by atoms with Crippen molar-refractivity contribution in [1.82, 2.24) is 0 Å². The highest BCUT2D eigenvalue weighted by molar-refractivity contribution is 6.36. The minimum Gasteiger partial charge on any atom is -0.481 e. The quantitative estimate of drug-likeness (QED) is 0.522. The third-order valence-corrected chi connectivity index (χ3v) is 4.65. The average molecular weight is 443 g/mol. The van der Waals surface area contributed by atoms with Crippen LogP contribution in [0, 0.1) is 0 Å². The van der Waals surface area contributed by atoms with Gasteiger partial charge in [0.15, 0.2) is 18.6 Å². The fourth-order valence-electron chi connectivity index (χ4n) is 2.79. The summed E-state index contributed by atoms with van der Waals surface area (Å²) in [4.78, 5) is 35.5. The second kappa shape index (κ2) is 9.43. The molecule has 0 fully saturated rings. The van der Waals surface area contributed by atoms with E-state index in [-0.39, 0.29) is 26.9 Å². The number of hydrogen-bond donors (Lipinski definition) is 2. The summed E-state index contributed by atoms with van der Waals surface area (Å²) in [6.45, 7) is -0.468. The number of carbonyl (C=O) groups excluding carboxylic acids is 3. The molecule has 0 atom stereocenters. The second-order valence-electron chi connectivity index (χ2n) is 6.26. The number of benzene rings is 3. The van der Waals surface area contributed by atoms with Crippen LogP contribution < -0.4 is 15.8 Å². The monoisotopic (exact) mass is 442 g/mol. The summed E-state index contributed by atoms with van der Waals surface area (Å²) >= 11 is 12.2. The number of rotatable bonds is 7. The third kappa shape index (κ3) is 4.97. The Bertz CT molecular complexity index is 1120. The predicted octanol–water partition coefficient (Wildman–Crippen LogP) is 4.59. The fourth-order valence-corrected chi connectivity index (χ4v) is 3.33. The topological polar surface area (TPSA) is 98.5 Å². The summed E-state index contributed by atoms with van der Waals surface area (Å²) < 4.78 is 5.30. The van der Waals surface area contributed by atoms with Crippen LogP contribution in [0.2, 0.25) is 10.0 Å². The molecule has 0 aliphatic heterocycles. The van der Waals surface area contributed by atoms with Crippen LogP contribution in [0.3, 0.4) is 0 Å². The van der Waals surface area contributed by atoms with Crippen LogP contribution >= 0.6 is 23.2 Å². The molecule has 2 amide bonds. The summed E-state index contributed by atoms with van der Waals surface area (Å²) in [7, 11) is 0. The lowest BCUT2D eigenvalue weighted by atomic mass is 10.0. The predicted molar refractivity (Wildman–Crippen MR) is 116 cm³/mol. The van der Waals surface area contributed by atoms with Gasteiger partial charge in [-0.1, -0.05) is 59.6 Å². The Kier molecular flexibility index (Phi) is 6.72. The number of aldehydes is 1. The molecule has 0 aromatic heterocycles. The highest BCUT2D eigenvalue weighted by atomic mass is 35.5. The van der Waals surface area contributed by atoms with E-state index in [1.54, 1.807) is 18.2 Å². The SMILES string of the molecule is NC(=O)COc1c(Cl)cc(Cl)cc1C(=O)Nc1cc(-c2ccccc2)ccc1C=O. The number of nitrogens with two attached hydrogens (primary N) is 1. The van der Waals surface area contributed by atoms with Gasteiger partial charge in [-0.15, -0.1) is 0 Å². The molecule has 3 aromatic rings. The maximum Gasteiger partial charge on any atom is 0.259 e. The molecule has 3 N–H and O–H groups in total. The molecule has 8 heteroatoms. The molecule has 0 bridgehead atoms. The Morgan fingerprint density at radius 3 is 2.40 bits per heavy atom. The molecule has 0 heterocycles. The Labute approximate surface area is 182 Å². The Hall–Kier alpha value is -3.35. The van der Waals surface area contributed by atoms with Gasteiger partial charge in [-0.05, 0) is 35.4 Å². The summed E-state index contributed by atoms with van der Waals surface area (Å²) in [5.74, 6) is -1.39. The normalized spacial score (nSPS) is 10.3. The van der Waals surface area contributed by atoms with Crippen molar-refractivity contribution in [3.05, 3.63) is 81.8 Å². The molecule has 0 saturated heterocycles. The first-order valence-electron chi connectivity index (χ1n) is 8.75. The van der Waals surface area contributed by atoms with Gasteiger partial charge in [0.1, 0.15) is 0 Å². The zero-order chi connectivity index (χ0) is 21.7. The molecular weight excluding hydrogens is 427 g/mol. The van der Waals surface area contributed by atoms with Crippen LogP contribution in [0.15, 0.2) is 60.7 Å². The Balaban J connectivity index is 1.98. The lowest BCUT2D eigenvalue weighted by Gasteiger charge is -2.14. The highest BCUT2D eigenvalue weighted by Gasteiger charge is 2.19. The molecule has 0 aliphatic carbocycles. The first kappa shape index (κ1) is 21.4. The molecule has 0 radical (unpaired) electrons. The number of ether oxygens (including phenoxy) is 1. The second-order valence-corrected chi connectivity index (χ2v) is 7.10. The van der Waals surface area contributed by atoms with E-state index >= 15 is 0 Å². The first-order chi connectivity index (χ1) is 14.4. The van der Waals surface area contributed by atoms with Crippen molar-refractivity contribution in [2.75, 3.05) is 11.9 Å². The largest absolute Gasteiger partial charge is 0.481 e. The standard InChI is InChI=1S/C22H16Cl2N2O4/c23-16-9-17(21(18(24)10-16)30-12-20(25)28)22(29)26-19-8-14(6-7-15(19)11-27)13-4-2-1-3-5-13/h1-11H,12H2,(H2,25,28)(H,26,29). The maximum atomic E-state index is 13.0. The van der Waals surface area contributed by atoms with E-state index in [0.717, 1.165) is 11.1 Å². The molecule has 0 spiro atoms. The van der Waals surface area contributed by atoms with Crippen LogP contribution in [-0.4, -0.2) is 24.7 Å². The van der Waals surface area contributed by atoms with Crippen molar-refractivity contribution in [3.8, 4) is 16.9 Å². The van der Waals surface area contributed by atoms with Crippen LogP contribution in [-0.2, 0) is 4.79 Å². The molecule has 6 nitrogen and oxygen atoms in total. The molecule has 0 saturated carbocycles. The summed E-state index contributed by atoms with van der Waals surface area (Å²) in [6.07, 6.45) is 0.639. The van der Waals surface area contributed by atoms with Gasteiger partial charge in [0.05, 0.1) is 16.3 Å². The van der Waals surface area contributed by atoms with Crippen molar-refractivity contribution in [2.45, 2.75) is 0 Å². The summed E-state index contributed by atoms with van der Waals surface area (Å²) in [5, 5.41) is 2.93. The van der Waals surface area contributed by atoms with E-state index in [4.69, 9.17) is 33.7 Å². The van der Waals surface area contributed by atoms with Crippen molar-refractivity contribution in [2.24, 2.45) is 5.73 Å². The average Bonchev–Trinajstić information content (AvgIpc) is 2.73. The molecule has 152 valence electrons. The number of nitrogens with one attached hydrogen (secondary N) is 1. The zero-order valence-corrected chi connectivity index (χ0v) is 17.0. The number of amides is 2. The minimum absolute atomic E-state index is 0.00397. The molecule has 3 rings (SSSR count). The van der Waals surface area contributed by atoms with Crippen LogP contribution in [0.4, 0.5) is 5.69 Å². The van der Waals surface area contributed by atoms with Gasteiger partial charge in [0.2, 0.25) is 0 Å². The van der Waals surface area contributed by atoms with E-state index in [2.05, 4.69) is 5.32 Å². The van der Waals surface area contributed by atoms with Crippen molar-refractivity contribution < 1.29 is 19.1 Å². The van der Waals surface area contributed by atoms with Gasteiger partial charge in [-0.3, -0.25) is 14.4 Å². The van der Waals surface area contributed by atoms with Crippen LogP contribution in [0.5, 0.6) is 5.75 Å². The Morgan fingerprint density at radius 2 is 1.73 bits per heavy atom. The van der Waals surface area contributed by atoms with E-state index in [1.165, 1.54) is 12.1 Å². The molecule has 3 aromatic carbocycles. The minimum atomic E-state index is -0.730. The van der Waals surface area contributed by atoms with Gasteiger partial charge < -0.3 is 15.8 Å². The molecule has 0 unspecified atom stereocenters. The number of hydrogen-bond acceptors (Lipinski definition) is 4. The third-order valence-electron chi connectivity index (χ3n) is 4.15. The molecular formula is C22H16Cl2N2O4.